The van der Waals surface area contributed by atoms with Gasteiger partial charge in [0.2, 0.25) is 0 Å². The maximum absolute atomic E-state index is 5.97. The number of nitrogens with zero attached hydrogens (tertiary/aromatic N) is 1. The van der Waals surface area contributed by atoms with Crippen molar-refractivity contribution in [3.8, 4) is 5.75 Å². The van der Waals surface area contributed by atoms with Crippen molar-refractivity contribution < 1.29 is 4.74 Å². The summed E-state index contributed by atoms with van der Waals surface area (Å²) in [6.07, 6.45) is 3.79. The maximum atomic E-state index is 5.97. The van der Waals surface area contributed by atoms with E-state index in [-0.39, 0.29) is 5.41 Å². The summed E-state index contributed by atoms with van der Waals surface area (Å²) in [7, 11) is 0. The van der Waals surface area contributed by atoms with E-state index in [0.717, 1.165) is 31.0 Å². The number of benzene rings is 1. The van der Waals surface area contributed by atoms with Gasteiger partial charge in [0.15, 0.2) is 0 Å². The molecule has 0 saturated carbocycles. The number of likely N-dealkylation sites (tertiary alicyclic amines) is 1. The summed E-state index contributed by atoms with van der Waals surface area (Å²) in [6, 6.07) is 6.08. The van der Waals surface area contributed by atoms with Crippen molar-refractivity contribution in [3.05, 3.63) is 23.8 Å². The Morgan fingerprint density at radius 2 is 1.85 bits per heavy atom. The van der Waals surface area contributed by atoms with Gasteiger partial charge in [-0.25, -0.2) is 0 Å². The molecule has 0 aliphatic carbocycles. The fourth-order valence-corrected chi connectivity index (χ4v) is 2.62. The van der Waals surface area contributed by atoms with Gasteiger partial charge in [-0.2, -0.15) is 0 Å². The molecular weight excluding hydrogens is 248 g/mol. The molecule has 0 bridgehead atoms. The molecule has 112 valence electrons. The maximum Gasteiger partial charge on any atom is 0.121 e. The third-order valence-electron chi connectivity index (χ3n) is 3.88. The van der Waals surface area contributed by atoms with Crippen LogP contribution in [0.3, 0.4) is 0 Å². The third-order valence-corrected chi connectivity index (χ3v) is 3.88. The van der Waals surface area contributed by atoms with Gasteiger partial charge in [0.1, 0.15) is 5.75 Å². The lowest BCUT2D eigenvalue weighted by molar-refractivity contribution is 0.263. The second-order valence-electron chi connectivity index (χ2n) is 6.79. The van der Waals surface area contributed by atoms with E-state index in [4.69, 9.17) is 10.5 Å². The fraction of sp³-hybridized carbons (Fsp3) is 0.647. The number of rotatable bonds is 5. The van der Waals surface area contributed by atoms with Gasteiger partial charge in [0.25, 0.3) is 0 Å². The lowest BCUT2D eigenvalue weighted by Crippen LogP contribution is -2.22. The van der Waals surface area contributed by atoms with Crippen molar-refractivity contribution in [2.75, 3.05) is 32.0 Å². The van der Waals surface area contributed by atoms with Crippen LogP contribution < -0.4 is 10.5 Å². The molecule has 20 heavy (non-hydrogen) atoms. The molecule has 1 aromatic carbocycles. The van der Waals surface area contributed by atoms with Crippen LogP contribution in [0.5, 0.6) is 5.75 Å². The highest BCUT2D eigenvalue weighted by Gasteiger charge is 2.15. The SMILES string of the molecule is CC(C)(C)c1cc(N)cc(OCCCN2CCCC2)c1. The molecule has 2 N–H and O–H groups in total. The van der Waals surface area contributed by atoms with Crippen LogP contribution >= 0.6 is 0 Å². The first-order valence-electron chi connectivity index (χ1n) is 7.71. The predicted molar refractivity (Wildman–Crippen MR) is 85.3 cm³/mol. The number of hydrogen-bond donors (Lipinski definition) is 1. The van der Waals surface area contributed by atoms with Gasteiger partial charge in [-0.15, -0.1) is 0 Å². The van der Waals surface area contributed by atoms with Gasteiger partial charge in [-0.05, 0) is 55.5 Å². The predicted octanol–water partition coefficient (Wildman–Crippen LogP) is 3.43. The van der Waals surface area contributed by atoms with E-state index in [1.165, 1.54) is 31.5 Å². The van der Waals surface area contributed by atoms with Crippen molar-refractivity contribution in [1.82, 2.24) is 4.90 Å². The van der Waals surface area contributed by atoms with E-state index in [0.29, 0.717) is 0 Å². The molecule has 0 radical (unpaired) electrons. The molecule has 1 aliphatic rings. The van der Waals surface area contributed by atoms with Crippen molar-refractivity contribution in [2.24, 2.45) is 0 Å². The van der Waals surface area contributed by atoms with Crippen LogP contribution in [0.15, 0.2) is 18.2 Å². The number of nitrogen functional groups attached to an aromatic ring is 1. The molecule has 0 aromatic heterocycles. The normalized spacial score (nSPS) is 16.6. The summed E-state index contributed by atoms with van der Waals surface area (Å²) < 4.78 is 5.88. The van der Waals surface area contributed by atoms with Gasteiger partial charge < -0.3 is 15.4 Å². The van der Waals surface area contributed by atoms with E-state index in [9.17, 15) is 0 Å². The summed E-state index contributed by atoms with van der Waals surface area (Å²) in [5.74, 6) is 0.899. The molecule has 3 heteroatoms. The average molecular weight is 276 g/mol. The summed E-state index contributed by atoms with van der Waals surface area (Å²) in [6.45, 7) is 11.0. The highest BCUT2D eigenvalue weighted by atomic mass is 16.5. The number of ether oxygens (including phenoxy) is 1. The summed E-state index contributed by atoms with van der Waals surface area (Å²) in [5.41, 5.74) is 8.08. The van der Waals surface area contributed by atoms with Crippen LogP contribution in [-0.2, 0) is 5.41 Å². The van der Waals surface area contributed by atoms with Gasteiger partial charge in [-0.3, -0.25) is 0 Å². The zero-order chi connectivity index (χ0) is 14.6. The first-order valence-corrected chi connectivity index (χ1v) is 7.71. The van der Waals surface area contributed by atoms with Crippen LogP contribution in [0, 0.1) is 0 Å². The van der Waals surface area contributed by atoms with Crippen LogP contribution in [0.1, 0.15) is 45.6 Å². The Labute approximate surface area is 123 Å². The molecule has 2 rings (SSSR count). The summed E-state index contributed by atoms with van der Waals surface area (Å²) in [5, 5.41) is 0. The van der Waals surface area contributed by atoms with E-state index in [1.54, 1.807) is 0 Å². The molecule has 1 aromatic rings. The molecular formula is C17H28N2O. The lowest BCUT2D eigenvalue weighted by Gasteiger charge is -2.21. The molecule has 0 atom stereocenters. The highest BCUT2D eigenvalue weighted by Crippen LogP contribution is 2.28. The van der Waals surface area contributed by atoms with Crippen molar-refractivity contribution in [1.29, 1.82) is 0 Å². The van der Waals surface area contributed by atoms with Crippen LogP contribution in [0.25, 0.3) is 0 Å². The zero-order valence-electron chi connectivity index (χ0n) is 13.1. The Balaban J connectivity index is 1.84. The number of nitrogens with two attached hydrogens (primary N) is 1. The first-order chi connectivity index (χ1) is 9.45. The minimum absolute atomic E-state index is 0.100. The van der Waals surface area contributed by atoms with Gasteiger partial charge in [0, 0.05) is 18.3 Å². The Morgan fingerprint density at radius 1 is 1.15 bits per heavy atom. The topological polar surface area (TPSA) is 38.5 Å². The molecule has 0 unspecified atom stereocenters. The van der Waals surface area contributed by atoms with Gasteiger partial charge in [0.05, 0.1) is 6.61 Å². The van der Waals surface area contributed by atoms with Crippen LogP contribution in [0.2, 0.25) is 0 Å². The molecule has 3 nitrogen and oxygen atoms in total. The number of hydrogen-bond acceptors (Lipinski definition) is 3. The molecule has 1 saturated heterocycles. The largest absolute Gasteiger partial charge is 0.493 e. The Kier molecular flexibility index (Phi) is 4.92. The Morgan fingerprint density at radius 3 is 2.50 bits per heavy atom. The minimum Gasteiger partial charge on any atom is -0.493 e. The smallest absolute Gasteiger partial charge is 0.121 e. The quantitative estimate of drug-likeness (QED) is 0.661. The lowest BCUT2D eigenvalue weighted by atomic mass is 9.87. The number of anilines is 1. The standard InChI is InChI=1S/C17H28N2O/c1-17(2,3)14-11-15(18)13-16(12-14)20-10-6-9-19-7-4-5-8-19/h11-13H,4-10,18H2,1-3H3. The second kappa shape index (κ2) is 6.49. The Bertz CT molecular complexity index is 431. The average Bonchev–Trinajstić information content (AvgIpc) is 2.86. The van der Waals surface area contributed by atoms with E-state index >= 15 is 0 Å². The van der Waals surface area contributed by atoms with E-state index in [2.05, 4.69) is 31.7 Å². The minimum atomic E-state index is 0.100. The van der Waals surface area contributed by atoms with Gasteiger partial charge in [-0.1, -0.05) is 20.8 Å². The molecule has 0 spiro atoms. The van der Waals surface area contributed by atoms with Crippen molar-refractivity contribution >= 4 is 5.69 Å². The van der Waals surface area contributed by atoms with Gasteiger partial charge >= 0.3 is 0 Å². The van der Waals surface area contributed by atoms with Crippen molar-refractivity contribution in [2.45, 2.75) is 45.4 Å². The van der Waals surface area contributed by atoms with E-state index < -0.39 is 0 Å². The van der Waals surface area contributed by atoms with Crippen LogP contribution in [-0.4, -0.2) is 31.1 Å². The third kappa shape index (κ3) is 4.41. The molecule has 1 aliphatic heterocycles. The zero-order valence-corrected chi connectivity index (χ0v) is 13.1. The van der Waals surface area contributed by atoms with Crippen LogP contribution in [0.4, 0.5) is 5.69 Å². The van der Waals surface area contributed by atoms with Crippen molar-refractivity contribution in [3.63, 3.8) is 0 Å². The monoisotopic (exact) mass is 276 g/mol. The summed E-state index contributed by atoms with van der Waals surface area (Å²) in [4.78, 5) is 2.52. The molecule has 0 amide bonds. The highest BCUT2D eigenvalue weighted by molar-refractivity contribution is 5.49. The molecule has 1 fully saturated rings. The fourth-order valence-electron chi connectivity index (χ4n) is 2.62. The molecule has 1 heterocycles. The summed E-state index contributed by atoms with van der Waals surface area (Å²) >= 11 is 0. The Hall–Kier alpha value is -1.22. The van der Waals surface area contributed by atoms with E-state index in [1.807, 2.05) is 12.1 Å². The first kappa shape index (κ1) is 15.2. The second-order valence-corrected chi connectivity index (χ2v) is 6.79.